The molecule has 3 rings (SSSR count). The molecule has 2 atom stereocenters. The smallest absolute Gasteiger partial charge is 0.230 e. The second-order valence-corrected chi connectivity index (χ2v) is 6.98. The van der Waals surface area contributed by atoms with Crippen LogP contribution in [0.1, 0.15) is 54.3 Å². The van der Waals surface area contributed by atoms with Gasteiger partial charge in [-0.3, -0.25) is 4.79 Å². The summed E-state index contributed by atoms with van der Waals surface area (Å²) in [7, 11) is 0. The minimum Gasteiger partial charge on any atom is -0.333 e. The molecule has 22 heavy (non-hydrogen) atoms. The van der Waals surface area contributed by atoms with Gasteiger partial charge in [-0.2, -0.15) is 0 Å². The Morgan fingerprint density at radius 3 is 3.00 bits per heavy atom. The fraction of sp³-hybridized carbons (Fsp3) is 0.444. The molecule has 0 N–H and O–H groups in total. The molecule has 2 heterocycles. The zero-order chi connectivity index (χ0) is 15.5. The van der Waals surface area contributed by atoms with Crippen LogP contribution < -0.4 is 0 Å². The SMILES string of the molecule is Cc1cccc([C@@H](C)C(=O)N2CCCC[C@H]2c2nccs2)c1. The molecule has 1 aliphatic heterocycles. The zero-order valence-corrected chi connectivity index (χ0v) is 14.0. The standard InChI is InChI=1S/C18H22N2OS/c1-13-6-5-7-15(12-13)14(2)18(21)20-10-4-3-8-16(20)17-19-9-11-22-17/h5-7,9,11-12,14,16H,3-4,8,10H2,1-2H3/t14-,16+/m1/s1. The highest BCUT2D eigenvalue weighted by Gasteiger charge is 2.32. The number of amides is 1. The van der Waals surface area contributed by atoms with Gasteiger partial charge in [0.2, 0.25) is 5.91 Å². The van der Waals surface area contributed by atoms with E-state index < -0.39 is 0 Å². The van der Waals surface area contributed by atoms with Crippen molar-refractivity contribution >= 4 is 17.2 Å². The maximum Gasteiger partial charge on any atom is 0.230 e. The number of hydrogen-bond donors (Lipinski definition) is 0. The molecule has 1 fully saturated rings. The molecule has 0 spiro atoms. The molecule has 0 bridgehead atoms. The van der Waals surface area contributed by atoms with Gasteiger partial charge in [0.05, 0.1) is 12.0 Å². The van der Waals surface area contributed by atoms with Crippen LogP contribution in [0.25, 0.3) is 0 Å². The topological polar surface area (TPSA) is 33.2 Å². The molecule has 0 aliphatic carbocycles. The Morgan fingerprint density at radius 2 is 2.27 bits per heavy atom. The van der Waals surface area contributed by atoms with Crippen LogP contribution >= 0.6 is 11.3 Å². The lowest BCUT2D eigenvalue weighted by Crippen LogP contribution is -2.40. The first-order valence-electron chi connectivity index (χ1n) is 7.93. The third-order valence-electron chi connectivity index (χ3n) is 4.43. The molecule has 1 amide bonds. The second kappa shape index (κ2) is 6.61. The number of likely N-dealkylation sites (tertiary alicyclic amines) is 1. The van der Waals surface area contributed by atoms with Gasteiger partial charge in [0, 0.05) is 18.1 Å². The number of aryl methyl sites for hydroxylation is 1. The van der Waals surface area contributed by atoms with E-state index in [2.05, 4.69) is 35.0 Å². The number of aromatic nitrogens is 1. The van der Waals surface area contributed by atoms with Crippen molar-refractivity contribution < 1.29 is 4.79 Å². The van der Waals surface area contributed by atoms with Crippen molar-refractivity contribution in [1.82, 2.24) is 9.88 Å². The summed E-state index contributed by atoms with van der Waals surface area (Å²) in [6, 6.07) is 8.43. The average molecular weight is 314 g/mol. The third kappa shape index (κ3) is 3.07. The number of carbonyl (C=O) groups is 1. The summed E-state index contributed by atoms with van der Waals surface area (Å²) in [5.41, 5.74) is 2.31. The van der Waals surface area contributed by atoms with Gasteiger partial charge in [-0.25, -0.2) is 4.98 Å². The highest BCUT2D eigenvalue weighted by molar-refractivity contribution is 7.09. The highest BCUT2D eigenvalue weighted by atomic mass is 32.1. The largest absolute Gasteiger partial charge is 0.333 e. The van der Waals surface area contributed by atoms with E-state index in [0.717, 1.165) is 30.0 Å². The van der Waals surface area contributed by atoms with Gasteiger partial charge in [0.25, 0.3) is 0 Å². The van der Waals surface area contributed by atoms with Gasteiger partial charge in [-0.1, -0.05) is 29.8 Å². The summed E-state index contributed by atoms with van der Waals surface area (Å²) in [6.07, 6.45) is 5.13. The average Bonchev–Trinajstić information content (AvgIpc) is 3.08. The minimum absolute atomic E-state index is 0.0968. The molecule has 2 aromatic rings. The second-order valence-electron chi connectivity index (χ2n) is 6.05. The van der Waals surface area contributed by atoms with Crippen LogP contribution in [0.3, 0.4) is 0 Å². The predicted octanol–water partition coefficient (Wildman–Crippen LogP) is 4.31. The number of rotatable bonds is 3. The molecule has 0 saturated carbocycles. The highest BCUT2D eigenvalue weighted by Crippen LogP contribution is 2.34. The van der Waals surface area contributed by atoms with Crippen molar-refractivity contribution in [3.8, 4) is 0 Å². The Labute approximate surface area is 136 Å². The molecular formula is C18H22N2OS. The fourth-order valence-corrected chi connectivity index (χ4v) is 3.97. The van der Waals surface area contributed by atoms with Crippen molar-refractivity contribution in [2.75, 3.05) is 6.54 Å². The predicted molar refractivity (Wildman–Crippen MR) is 90.0 cm³/mol. The number of benzene rings is 1. The van der Waals surface area contributed by atoms with Crippen molar-refractivity contribution in [3.05, 3.63) is 52.0 Å². The maximum absolute atomic E-state index is 13.0. The van der Waals surface area contributed by atoms with Crippen LogP contribution in [-0.2, 0) is 4.79 Å². The fourth-order valence-electron chi connectivity index (χ4n) is 3.18. The molecule has 1 aromatic heterocycles. The molecule has 0 unspecified atom stereocenters. The van der Waals surface area contributed by atoms with E-state index in [0.29, 0.717) is 0 Å². The van der Waals surface area contributed by atoms with Gasteiger partial charge in [0.15, 0.2) is 0 Å². The first-order valence-corrected chi connectivity index (χ1v) is 8.81. The van der Waals surface area contributed by atoms with Gasteiger partial charge >= 0.3 is 0 Å². The van der Waals surface area contributed by atoms with E-state index in [1.807, 2.05) is 24.6 Å². The summed E-state index contributed by atoms with van der Waals surface area (Å²) < 4.78 is 0. The van der Waals surface area contributed by atoms with Gasteiger partial charge in [-0.15, -0.1) is 11.3 Å². The van der Waals surface area contributed by atoms with E-state index in [4.69, 9.17) is 0 Å². The number of thiazole rings is 1. The van der Waals surface area contributed by atoms with Crippen molar-refractivity contribution in [2.24, 2.45) is 0 Å². The number of nitrogens with zero attached hydrogens (tertiary/aromatic N) is 2. The van der Waals surface area contributed by atoms with Crippen LogP contribution in [0.4, 0.5) is 0 Å². The van der Waals surface area contributed by atoms with Crippen molar-refractivity contribution in [1.29, 1.82) is 0 Å². The Hall–Kier alpha value is -1.68. The van der Waals surface area contributed by atoms with Gasteiger partial charge < -0.3 is 4.90 Å². The summed E-state index contributed by atoms with van der Waals surface area (Å²) in [5.74, 6) is 0.131. The van der Waals surface area contributed by atoms with Crippen LogP contribution in [0, 0.1) is 6.92 Å². The Kier molecular flexibility index (Phi) is 4.57. The molecule has 116 valence electrons. The van der Waals surface area contributed by atoms with Crippen LogP contribution in [-0.4, -0.2) is 22.3 Å². The van der Waals surface area contributed by atoms with Crippen molar-refractivity contribution in [3.63, 3.8) is 0 Å². The molecule has 0 radical (unpaired) electrons. The zero-order valence-electron chi connectivity index (χ0n) is 13.2. The summed E-state index contributed by atoms with van der Waals surface area (Å²) in [6.45, 7) is 4.93. The number of carbonyl (C=O) groups excluding carboxylic acids is 1. The molecule has 1 aromatic carbocycles. The Morgan fingerprint density at radius 1 is 1.41 bits per heavy atom. The molecular weight excluding hydrogens is 292 g/mol. The lowest BCUT2D eigenvalue weighted by atomic mass is 9.95. The van der Waals surface area contributed by atoms with E-state index in [-0.39, 0.29) is 17.9 Å². The normalized spacial score (nSPS) is 19.9. The Bertz CT molecular complexity index is 638. The first-order chi connectivity index (χ1) is 10.7. The quantitative estimate of drug-likeness (QED) is 0.846. The van der Waals surface area contributed by atoms with E-state index in [9.17, 15) is 4.79 Å². The molecule has 3 nitrogen and oxygen atoms in total. The molecule has 4 heteroatoms. The summed E-state index contributed by atoms with van der Waals surface area (Å²) in [4.78, 5) is 19.5. The summed E-state index contributed by atoms with van der Waals surface area (Å²) >= 11 is 1.66. The lowest BCUT2D eigenvalue weighted by Gasteiger charge is -2.36. The summed E-state index contributed by atoms with van der Waals surface area (Å²) in [5, 5.41) is 3.07. The monoisotopic (exact) mass is 314 g/mol. The van der Waals surface area contributed by atoms with Crippen LogP contribution in [0.2, 0.25) is 0 Å². The first kappa shape index (κ1) is 15.2. The Balaban J connectivity index is 1.82. The number of hydrogen-bond acceptors (Lipinski definition) is 3. The third-order valence-corrected chi connectivity index (χ3v) is 5.31. The molecule has 1 aliphatic rings. The number of piperidine rings is 1. The maximum atomic E-state index is 13.0. The van der Waals surface area contributed by atoms with Crippen molar-refractivity contribution in [2.45, 2.75) is 45.1 Å². The van der Waals surface area contributed by atoms with E-state index in [1.165, 1.54) is 12.0 Å². The van der Waals surface area contributed by atoms with Crippen LogP contribution in [0.15, 0.2) is 35.8 Å². The van der Waals surface area contributed by atoms with E-state index >= 15 is 0 Å². The van der Waals surface area contributed by atoms with Gasteiger partial charge in [0.1, 0.15) is 5.01 Å². The van der Waals surface area contributed by atoms with Crippen LogP contribution in [0.5, 0.6) is 0 Å². The minimum atomic E-state index is -0.0968. The molecule has 1 saturated heterocycles. The van der Waals surface area contributed by atoms with E-state index in [1.54, 1.807) is 11.3 Å². The van der Waals surface area contributed by atoms with Gasteiger partial charge in [-0.05, 0) is 38.7 Å². The lowest BCUT2D eigenvalue weighted by molar-refractivity contribution is -0.136.